The van der Waals surface area contributed by atoms with Gasteiger partial charge in [-0.1, -0.05) is 13.8 Å². The van der Waals surface area contributed by atoms with Crippen LogP contribution in [0.5, 0.6) is 0 Å². The average molecular weight is 297 g/mol. The highest BCUT2D eigenvalue weighted by Gasteiger charge is 2.42. The van der Waals surface area contributed by atoms with E-state index in [1.807, 2.05) is 11.3 Å². The summed E-state index contributed by atoms with van der Waals surface area (Å²) in [6.07, 6.45) is 2.11. The highest BCUT2D eigenvalue weighted by Crippen LogP contribution is 2.38. The minimum Gasteiger partial charge on any atom is -0.383 e. The van der Waals surface area contributed by atoms with Crippen LogP contribution in [0.2, 0.25) is 0 Å². The Morgan fingerprint density at radius 3 is 2.95 bits per heavy atom. The summed E-state index contributed by atoms with van der Waals surface area (Å²) in [5.74, 6) is 0.531. The molecule has 1 fully saturated rings. The van der Waals surface area contributed by atoms with E-state index < -0.39 is 0 Å². The monoisotopic (exact) mass is 297 g/mol. The molecule has 2 N–H and O–H groups in total. The Labute approximate surface area is 126 Å². The zero-order valence-corrected chi connectivity index (χ0v) is 13.9. The zero-order chi connectivity index (χ0) is 14.6. The molecule has 0 saturated carbocycles. The molecule has 0 amide bonds. The van der Waals surface area contributed by atoms with Gasteiger partial charge in [-0.2, -0.15) is 0 Å². The Kier molecular flexibility index (Phi) is 5.55. The van der Waals surface area contributed by atoms with E-state index in [-0.39, 0.29) is 5.54 Å². The number of rotatable bonds is 6. The molecule has 1 aliphatic rings. The number of thiazole rings is 1. The molecule has 0 radical (unpaired) electrons. The summed E-state index contributed by atoms with van der Waals surface area (Å²) >= 11 is 1.86. The van der Waals surface area contributed by atoms with Crippen LogP contribution >= 0.6 is 11.3 Å². The van der Waals surface area contributed by atoms with Crippen LogP contribution < -0.4 is 10.6 Å². The number of aryl methyl sites for hydroxylation is 2. The fourth-order valence-electron chi connectivity index (χ4n) is 3.00. The average Bonchev–Trinajstić information content (AvgIpc) is 2.83. The van der Waals surface area contributed by atoms with E-state index in [0.717, 1.165) is 39.1 Å². The van der Waals surface area contributed by atoms with Gasteiger partial charge in [0.2, 0.25) is 0 Å². The van der Waals surface area contributed by atoms with Gasteiger partial charge >= 0.3 is 0 Å². The summed E-state index contributed by atoms with van der Waals surface area (Å²) in [7, 11) is 1.75. The SMILES string of the molecule is CCc1nc(C2(NCCOC)CCNCC2C)sc1C. The van der Waals surface area contributed by atoms with Crippen molar-refractivity contribution in [3.05, 3.63) is 15.6 Å². The van der Waals surface area contributed by atoms with Crippen molar-refractivity contribution in [1.29, 1.82) is 0 Å². The molecule has 1 aliphatic heterocycles. The highest BCUT2D eigenvalue weighted by atomic mass is 32.1. The second-order valence-electron chi connectivity index (χ2n) is 5.62. The summed E-state index contributed by atoms with van der Waals surface area (Å²) in [6.45, 7) is 10.4. The predicted molar refractivity (Wildman–Crippen MR) is 84.4 cm³/mol. The van der Waals surface area contributed by atoms with E-state index in [2.05, 4.69) is 31.4 Å². The number of aromatic nitrogens is 1. The van der Waals surface area contributed by atoms with E-state index in [0.29, 0.717) is 5.92 Å². The summed E-state index contributed by atoms with van der Waals surface area (Å²) < 4.78 is 5.20. The van der Waals surface area contributed by atoms with Crippen LogP contribution in [0.4, 0.5) is 0 Å². The molecule has 2 heterocycles. The molecule has 0 aromatic carbocycles. The molecule has 2 rings (SSSR count). The fourth-order valence-corrected chi connectivity index (χ4v) is 4.31. The van der Waals surface area contributed by atoms with Crippen LogP contribution in [0, 0.1) is 12.8 Å². The molecule has 1 saturated heterocycles. The number of methoxy groups -OCH3 is 1. The van der Waals surface area contributed by atoms with Gasteiger partial charge in [-0.3, -0.25) is 0 Å². The van der Waals surface area contributed by atoms with Crippen LogP contribution in [0.3, 0.4) is 0 Å². The molecule has 114 valence electrons. The molecule has 1 aromatic heterocycles. The van der Waals surface area contributed by atoms with Gasteiger partial charge in [-0.25, -0.2) is 4.98 Å². The lowest BCUT2D eigenvalue weighted by Gasteiger charge is -2.42. The van der Waals surface area contributed by atoms with Gasteiger partial charge in [0.1, 0.15) is 5.01 Å². The molecule has 5 heteroatoms. The van der Waals surface area contributed by atoms with Crippen LogP contribution in [-0.4, -0.2) is 38.3 Å². The van der Waals surface area contributed by atoms with Crippen LogP contribution in [0.25, 0.3) is 0 Å². The van der Waals surface area contributed by atoms with Crippen molar-refractivity contribution in [3.8, 4) is 0 Å². The number of ether oxygens (including phenoxy) is 1. The van der Waals surface area contributed by atoms with Gasteiger partial charge in [0.05, 0.1) is 17.8 Å². The lowest BCUT2D eigenvalue weighted by molar-refractivity contribution is 0.136. The van der Waals surface area contributed by atoms with Crippen molar-refractivity contribution in [1.82, 2.24) is 15.6 Å². The first kappa shape index (κ1) is 15.9. The molecule has 20 heavy (non-hydrogen) atoms. The molecular formula is C15H27N3OS. The van der Waals surface area contributed by atoms with Gasteiger partial charge in [0.25, 0.3) is 0 Å². The Balaban J connectivity index is 2.28. The first-order chi connectivity index (χ1) is 9.64. The summed E-state index contributed by atoms with van der Waals surface area (Å²) in [5, 5.41) is 8.50. The van der Waals surface area contributed by atoms with Crippen molar-refractivity contribution in [2.75, 3.05) is 33.4 Å². The largest absolute Gasteiger partial charge is 0.383 e. The van der Waals surface area contributed by atoms with E-state index in [4.69, 9.17) is 9.72 Å². The molecule has 2 unspecified atom stereocenters. The third-order valence-electron chi connectivity index (χ3n) is 4.34. The van der Waals surface area contributed by atoms with E-state index in [1.54, 1.807) is 7.11 Å². The molecule has 2 atom stereocenters. The maximum atomic E-state index is 5.20. The first-order valence-corrected chi connectivity index (χ1v) is 8.37. The molecule has 4 nitrogen and oxygen atoms in total. The van der Waals surface area contributed by atoms with E-state index >= 15 is 0 Å². The van der Waals surface area contributed by atoms with Crippen LogP contribution in [0.1, 0.15) is 35.8 Å². The topological polar surface area (TPSA) is 46.2 Å². The smallest absolute Gasteiger partial charge is 0.114 e. The summed E-state index contributed by atoms with van der Waals surface area (Å²) in [5.41, 5.74) is 1.26. The van der Waals surface area contributed by atoms with Crippen molar-refractivity contribution in [2.24, 2.45) is 5.92 Å². The summed E-state index contributed by atoms with van der Waals surface area (Å²) in [4.78, 5) is 6.30. The van der Waals surface area contributed by atoms with Crippen molar-refractivity contribution < 1.29 is 4.74 Å². The normalized spacial score (nSPS) is 26.9. The summed E-state index contributed by atoms with van der Waals surface area (Å²) in [6, 6.07) is 0. The van der Waals surface area contributed by atoms with Crippen LogP contribution in [-0.2, 0) is 16.7 Å². The molecule has 1 aromatic rings. The molecular weight excluding hydrogens is 270 g/mol. The standard InChI is InChI=1S/C15H27N3OS/c1-5-13-12(3)20-14(18-13)15(17-8-9-19-4)6-7-16-10-11(15)2/h11,16-17H,5-10H2,1-4H3. The second-order valence-corrected chi connectivity index (χ2v) is 6.82. The molecule has 0 aliphatic carbocycles. The van der Waals surface area contributed by atoms with Gasteiger partial charge in [-0.15, -0.1) is 11.3 Å². The van der Waals surface area contributed by atoms with E-state index in [9.17, 15) is 0 Å². The third-order valence-corrected chi connectivity index (χ3v) is 5.53. The molecule has 0 bridgehead atoms. The van der Waals surface area contributed by atoms with Gasteiger partial charge in [-0.05, 0) is 38.8 Å². The Hall–Kier alpha value is -0.490. The van der Waals surface area contributed by atoms with E-state index in [1.165, 1.54) is 15.6 Å². The first-order valence-electron chi connectivity index (χ1n) is 7.55. The van der Waals surface area contributed by atoms with Gasteiger partial charge < -0.3 is 15.4 Å². The minimum atomic E-state index is 0.00657. The second kappa shape index (κ2) is 6.98. The number of hydrogen-bond acceptors (Lipinski definition) is 5. The lowest BCUT2D eigenvalue weighted by atomic mass is 9.80. The zero-order valence-electron chi connectivity index (χ0n) is 13.1. The van der Waals surface area contributed by atoms with Crippen LogP contribution in [0.15, 0.2) is 0 Å². The highest BCUT2D eigenvalue weighted by molar-refractivity contribution is 7.11. The van der Waals surface area contributed by atoms with Crippen molar-refractivity contribution >= 4 is 11.3 Å². The maximum Gasteiger partial charge on any atom is 0.114 e. The number of nitrogens with one attached hydrogen (secondary N) is 2. The predicted octanol–water partition coefficient (Wildman–Crippen LogP) is 2.07. The number of hydrogen-bond donors (Lipinski definition) is 2. The van der Waals surface area contributed by atoms with Gasteiger partial charge in [0.15, 0.2) is 0 Å². The van der Waals surface area contributed by atoms with Gasteiger partial charge in [0, 0.05) is 18.5 Å². The van der Waals surface area contributed by atoms with Crippen molar-refractivity contribution in [2.45, 2.75) is 39.2 Å². The minimum absolute atomic E-state index is 0.00657. The number of piperidine rings is 1. The Bertz CT molecular complexity index is 435. The molecule has 0 spiro atoms. The Morgan fingerprint density at radius 2 is 2.35 bits per heavy atom. The quantitative estimate of drug-likeness (QED) is 0.789. The fraction of sp³-hybridized carbons (Fsp3) is 0.800. The van der Waals surface area contributed by atoms with Crippen molar-refractivity contribution in [3.63, 3.8) is 0 Å². The number of nitrogens with zero attached hydrogens (tertiary/aromatic N) is 1. The maximum absolute atomic E-state index is 5.20. The Morgan fingerprint density at radius 1 is 1.55 bits per heavy atom. The lowest BCUT2D eigenvalue weighted by Crippen LogP contribution is -2.56. The third kappa shape index (κ3) is 3.06.